The lowest BCUT2D eigenvalue weighted by molar-refractivity contribution is -0.137. The van der Waals surface area contributed by atoms with E-state index in [1.807, 2.05) is 0 Å². The summed E-state index contributed by atoms with van der Waals surface area (Å²) in [7, 11) is 0. The Morgan fingerprint density at radius 3 is 2.00 bits per heavy atom. The van der Waals surface area contributed by atoms with E-state index in [1.54, 1.807) is 24.3 Å². The lowest BCUT2D eigenvalue weighted by Gasteiger charge is -2.14. The Bertz CT molecular complexity index is 564. The molecule has 0 saturated heterocycles. The molecule has 106 valence electrons. The number of aliphatic hydroxyl groups excluding tert-OH is 1. The van der Waals surface area contributed by atoms with Gasteiger partial charge in [0.05, 0.1) is 5.56 Å². The molecular weight excluding hydrogens is 293 g/mol. The van der Waals surface area contributed by atoms with E-state index < -0.39 is 18.0 Å². The summed E-state index contributed by atoms with van der Waals surface area (Å²) in [5, 5.41) is 10.3. The van der Waals surface area contributed by atoms with E-state index in [2.05, 4.69) is 0 Å². The lowest BCUT2D eigenvalue weighted by atomic mass is 10.2. The molecule has 0 aliphatic carbocycles. The Hall–Kier alpha value is -1.72. The van der Waals surface area contributed by atoms with E-state index in [9.17, 15) is 18.3 Å². The minimum Gasteiger partial charge on any atom is -0.461 e. The minimum absolute atomic E-state index is 0.139. The van der Waals surface area contributed by atoms with Crippen LogP contribution in [0.5, 0.6) is 5.75 Å². The first-order chi connectivity index (χ1) is 9.36. The third-order valence-electron chi connectivity index (χ3n) is 2.58. The topological polar surface area (TPSA) is 29.5 Å². The lowest BCUT2D eigenvalue weighted by Crippen LogP contribution is -2.07. The first-order valence-electron chi connectivity index (χ1n) is 5.64. The molecule has 0 heterocycles. The molecule has 0 fully saturated rings. The number of aliphatic hydroxyl groups is 1. The van der Waals surface area contributed by atoms with Gasteiger partial charge in [0.25, 0.3) is 0 Å². The molecule has 1 unspecified atom stereocenters. The zero-order valence-electron chi connectivity index (χ0n) is 10.1. The fourth-order valence-corrected chi connectivity index (χ4v) is 1.67. The van der Waals surface area contributed by atoms with Gasteiger partial charge in [-0.2, -0.15) is 13.2 Å². The van der Waals surface area contributed by atoms with Crippen LogP contribution in [0.1, 0.15) is 17.4 Å². The molecular formula is C14H10ClF3O2. The van der Waals surface area contributed by atoms with Crippen LogP contribution in [0.3, 0.4) is 0 Å². The van der Waals surface area contributed by atoms with Crippen molar-refractivity contribution >= 4 is 11.6 Å². The van der Waals surface area contributed by atoms with Crippen LogP contribution < -0.4 is 4.74 Å². The summed E-state index contributed by atoms with van der Waals surface area (Å²) < 4.78 is 42.3. The van der Waals surface area contributed by atoms with E-state index >= 15 is 0 Å². The molecule has 2 aromatic carbocycles. The zero-order chi connectivity index (χ0) is 14.8. The molecule has 0 spiro atoms. The van der Waals surface area contributed by atoms with Gasteiger partial charge in [0.15, 0.2) is 0 Å². The summed E-state index contributed by atoms with van der Waals surface area (Å²) in [6.45, 7) is 0. The fourth-order valence-electron chi connectivity index (χ4n) is 1.55. The highest BCUT2D eigenvalue weighted by molar-refractivity contribution is 6.30. The van der Waals surface area contributed by atoms with Gasteiger partial charge in [-0.05, 0) is 36.4 Å². The van der Waals surface area contributed by atoms with Gasteiger partial charge >= 0.3 is 6.18 Å². The maximum atomic E-state index is 12.4. The Morgan fingerprint density at radius 1 is 0.950 bits per heavy atom. The van der Waals surface area contributed by atoms with Gasteiger partial charge in [-0.25, -0.2) is 0 Å². The molecule has 0 aliphatic rings. The second kappa shape index (κ2) is 5.73. The zero-order valence-corrected chi connectivity index (χ0v) is 10.8. The van der Waals surface area contributed by atoms with Crippen LogP contribution in [-0.2, 0) is 6.18 Å². The summed E-state index contributed by atoms with van der Waals surface area (Å²) in [6.07, 6.45) is -5.67. The van der Waals surface area contributed by atoms with E-state index in [0.29, 0.717) is 10.6 Å². The van der Waals surface area contributed by atoms with Crippen LogP contribution in [-0.4, -0.2) is 5.11 Å². The Balaban J connectivity index is 2.08. The number of ether oxygens (including phenoxy) is 1. The summed E-state index contributed by atoms with van der Waals surface area (Å²) in [4.78, 5) is 0. The second-order valence-electron chi connectivity index (χ2n) is 4.04. The highest BCUT2D eigenvalue weighted by Gasteiger charge is 2.30. The fraction of sp³-hybridized carbons (Fsp3) is 0.143. The summed E-state index contributed by atoms with van der Waals surface area (Å²) >= 11 is 5.71. The minimum atomic E-state index is -4.40. The SMILES string of the molecule is OC(Oc1ccc(C(F)(F)F)cc1)c1ccc(Cl)cc1. The van der Waals surface area contributed by atoms with Crippen molar-refractivity contribution in [1.29, 1.82) is 0 Å². The molecule has 0 saturated carbocycles. The third-order valence-corrected chi connectivity index (χ3v) is 2.84. The molecule has 0 aliphatic heterocycles. The molecule has 20 heavy (non-hydrogen) atoms. The summed E-state index contributed by atoms with van der Waals surface area (Å²) in [5.74, 6) is 0.139. The molecule has 0 radical (unpaired) electrons. The molecule has 6 heteroatoms. The Morgan fingerprint density at radius 2 is 1.50 bits per heavy atom. The smallest absolute Gasteiger partial charge is 0.416 e. The highest BCUT2D eigenvalue weighted by atomic mass is 35.5. The van der Waals surface area contributed by atoms with Gasteiger partial charge in [0.1, 0.15) is 5.75 Å². The van der Waals surface area contributed by atoms with Crippen molar-refractivity contribution in [2.45, 2.75) is 12.5 Å². The van der Waals surface area contributed by atoms with E-state index in [1.165, 1.54) is 0 Å². The van der Waals surface area contributed by atoms with Gasteiger partial charge in [-0.1, -0.05) is 23.7 Å². The molecule has 2 rings (SSSR count). The molecule has 0 amide bonds. The second-order valence-corrected chi connectivity index (χ2v) is 4.48. The van der Waals surface area contributed by atoms with Gasteiger partial charge in [-0.15, -0.1) is 0 Å². The van der Waals surface area contributed by atoms with Gasteiger partial charge in [-0.3, -0.25) is 0 Å². The van der Waals surface area contributed by atoms with Crippen molar-refractivity contribution in [2.75, 3.05) is 0 Å². The van der Waals surface area contributed by atoms with Crippen molar-refractivity contribution in [3.05, 3.63) is 64.7 Å². The van der Waals surface area contributed by atoms with Crippen molar-refractivity contribution in [3.8, 4) is 5.75 Å². The summed E-state index contributed by atoms with van der Waals surface area (Å²) in [5.41, 5.74) is -0.319. The predicted octanol–water partition coefficient (Wildman–Crippen LogP) is 4.43. The predicted molar refractivity (Wildman–Crippen MR) is 68.5 cm³/mol. The van der Waals surface area contributed by atoms with Crippen molar-refractivity contribution in [1.82, 2.24) is 0 Å². The van der Waals surface area contributed by atoms with Gasteiger partial charge in [0, 0.05) is 10.6 Å². The molecule has 2 nitrogen and oxygen atoms in total. The van der Waals surface area contributed by atoms with Crippen molar-refractivity contribution < 1.29 is 23.0 Å². The van der Waals surface area contributed by atoms with Crippen LogP contribution in [0, 0.1) is 0 Å². The maximum absolute atomic E-state index is 12.4. The molecule has 0 aromatic heterocycles. The monoisotopic (exact) mass is 302 g/mol. The number of hydrogen-bond acceptors (Lipinski definition) is 2. The third kappa shape index (κ3) is 3.65. The Kier molecular flexibility index (Phi) is 4.20. The highest BCUT2D eigenvalue weighted by Crippen LogP contribution is 2.31. The number of alkyl halides is 3. The standard InChI is InChI=1S/C14H10ClF3O2/c15-11-5-1-9(2-6-11)13(19)20-12-7-3-10(4-8-12)14(16,17)18/h1-8,13,19H. The van der Waals surface area contributed by atoms with E-state index in [4.69, 9.17) is 16.3 Å². The van der Waals surface area contributed by atoms with Crippen molar-refractivity contribution in [2.24, 2.45) is 0 Å². The summed E-state index contributed by atoms with van der Waals surface area (Å²) in [6, 6.07) is 10.4. The molecule has 0 bridgehead atoms. The normalized spacial score (nSPS) is 13.1. The largest absolute Gasteiger partial charge is 0.461 e. The quantitative estimate of drug-likeness (QED) is 0.850. The van der Waals surface area contributed by atoms with Gasteiger partial charge < -0.3 is 9.84 Å². The van der Waals surface area contributed by atoms with Crippen molar-refractivity contribution in [3.63, 3.8) is 0 Å². The number of benzene rings is 2. The van der Waals surface area contributed by atoms with Crippen LogP contribution in [0.4, 0.5) is 13.2 Å². The van der Waals surface area contributed by atoms with Crippen LogP contribution in [0.2, 0.25) is 5.02 Å². The number of rotatable bonds is 3. The maximum Gasteiger partial charge on any atom is 0.416 e. The first kappa shape index (κ1) is 14.7. The number of hydrogen-bond donors (Lipinski definition) is 1. The van der Waals surface area contributed by atoms with E-state index in [0.717, 1.165) is 24.3 Å². The molecule has 1 atom stereocenters. The van der Waals surface area contributed by atoms with Crippen LogP contribution in [0.25, 0.3) is 0 Å². The average molecular weight is 303 g/mol. The average Bonchev–Trinajstić information content (AvgIpc) is 2.39. The Labute approximate surface area is 118 Å². The number of halogens is 4. The van der Waals surface area contributed by atoms with Gasteiger partial charge in [0.2, 0.25) is 6.29 Å². The van der Waals surface area contributed by atoms with E-state index in [-0.39, 0.29) is 5.75 Å². The molecule has 2 aromatic rings. The van der Waals surface area contributed by atoms with Crippen LogP contribution in [0.15, 0.2) is 48.5 Å². The first-order valence-corrected chi connectivity index (χ1v) is 6.01. The van der Waals surface area contributed by atoms with Crippen LogP contribution >= 0.6 is 11.6 Å². The molecule has 1 N–H and O–H groups in total.